The number of carbonyl (C=O) groups excluding carboxylic acids is 1. The normalized spacial score (nSPS) is 15.7. The number of oxime groups is 1. The highest BCUT2D eigenvalue weighted by molar-refractivity contribution is 9.10. The number of likely N-dealkylation sites (tertiary alicyclic amines) is 1. The number of carbonyl (C=O) groups is 1. The molecule has 1 heterocycles. The van der Waals surface area contributed by atoms with Crippen LogP contribution >= 0.6 is 15.9 Å². The zero-order chi connectivity index (χ0) is 13.1. The van der Waals surface area contributed by atoms with E-state index >= 15 is 0 Å². The van der Waals surface area contributed by atoms with E-state index in [0.29, 0.717) is 31.5 Å². The zero-order valence-electron chi connectivity index (χ0n) is 10.2. The van der Waals surface area contributed by atoms with Crippen molar-refractivity contribution >= 4 is 27.5 Å². The summed E-state index contributed by atoms with van der Waals surface area (Å²) < 4.78 is 0.917. The van der Waals surface area contributed by atoms with E-state index in [1.54, 1.807) is 4.90 Å². The maximum Gasteiger partial charge on any atom is 0.253 e. The van der Waals surface area contributed by atoms with Gasteiger partial charge in [-0.15, -0.1) is 0 Å². The second-order valence-electron chi connectivity index (χ2n) is 4.48. The maximum atomic E-state index is 12.3. The Morgan fingerprint density at radius 2 is 2.00 bits per heavy atom. The molecule has 0 bridgehead atoms. The third-order valence-corrected chi connectivity index (χ3v) is 3.52. The second-order valence-corrected chi connectivity index (χ2v) is 5.39. The Hall–Kier alpha value is -1.36. The average molecular weight is 311 g/mol. The molecule has 1 fully saturated rings. The van der Waals surface area contributed by atoms with Gasteiger partial charge in [-0.25, -0.2) is 0 Å². The first-order valence-corrected chi connectivity index (χ1v) is 6.65. The lowest BCUT2D eigenvalue weighted by Crippen LogP contribution is -2.38. The first-order chi connectivity index (χ1) is 8.60. The molecule has 1 amide bonds. The number of nitrogens with zero attached hydrogens (tertiary/aromatic N) is 2. The standard InChI is InChI=1S/C13H15BrN2O2/c1-9-6-10(8-11(14)7-9)13(17)16-4-2-12(15-18)3-5-16/h6-8,18H,2-5H2,1H3. The highest BCUT2D eigenvalue weighted by Crippen LogP contribution is 2.18. The van der Waals surface area contributed by atoms with E-state index in [1.165, 1.54) is 0 Å². The molecule has 1 aliphatic heterocycles. The lowest BCUT2D eigenvalue weighted by Gasteiger charge is -2.27. The Morgan fingerprint density at radius 3 is 2.56 bits per heavy atom. The molecule has 96 valence electrons. The Morgan fingerprint density at radius 1 is 1.33 bits per heavy atom. The van der Waals surface area contributed by atoms with Crippen LogP contribution in [0.5, 0.6) is 0 Å². The summed E-state index contributed by atoms with van der Waals surface area (Å²) >= 11 is 3.40. The first kappa shape index (κ1) is 13.1. The minimum absolute atomic E-state index is 0.0383. The van der Waals surface area contributed by atoms with Crippen molar-refractivity contribution in [2.45, 2.75) is 19.8 Å². The summed E-state index contributed by atoms with van der Waals surface area (Å²) in [7, 11) is 0. The Bertz CT molecular complexity index is 470. The monoisotopic (exact) mass is 310 g/mol. The highest BCUT2D eigenvalue weighted by Gasteiger charge is 2.21. The van der Waals surface area contributed by atoms with Crippen molar-refractivity contribution in [3.8, 4) is 0 Å². The van der Waals surface area contributed by atoms with Gasteiger partial charge < -0.3 is 10.1 Å². The number of benzene rings is 1. The molecular weight excluding hydrogens is 296 g/mol. The molecule has 0 saturated carbocycles. The molecule has 1 aromatic rings. The molecule has 18 heavy (non-hydrogen) atoms. The molecule has 4 nitrogen and oxygen atoms in total. The highest BCUT2D eigenvalue weighted by atomic mass is 79.9. The smallest absolute Gasteiger partial charge is 0.253 e. The average Bonchev–Trinajstić information content (AvgIpc) is 2.37. The first-order valence-electron chi connectivity index (χ1n) is 5.86. The summed E-state index contributed by atoms with van der Waals surface area (Å²) in [6, 6.07) is 5.71. The van der Waals surface area contributed by atoms with E-state index in [2.05, 4.69) is 21.1 Å². The van der Waals surface area contributed by atoms with Crippen molar-refractivity contribution < 1.29 is 10.0 Å². The predicted octanol–water partition coefficient (Wildman–Crippen LogP) is 2.82. The van der Waals surface area contributed by atoms with Gasteiger partial charge in [0.05, 0.1) is 5.71 Å². The van der Waals surface area contributed by atoms with Crippen LogP contribution in [0.15, 0.2) is 27.8 Å². The number of amides is 1. The van der Waals surface area contributed by atoms with Crippen LogP contribution in [0, 0.1) is 6.92 Å². The van der Waals surface area contributed by atoms with E-state index in [1.807, 2.05) is 25.1 Å². The number of rotatable bonds is 1. The van der Waals surface area contributed by atoms with E-state index in [0.717, 1.165) is 15.7 Å². The van der Waals surface area contributed by atoms with Crippen LogP contribution in [-0.4, -0.2) is 34.8 Å². The fraction of sp³-hybridized carbons (Fsp3) is 0.385. The van der Waals surface area contributed by atoms with Crippen molar-refractivity contribution in [2.24, 2.45) is 5.16 Å². The van der Waals surface area contributed by atoms with Gasteiger partial charge >= 0.3 is 0 Å². The van der Waals surface area contributed by atoms with E-state index in [4.69, 9.17) is 5.21 Å². The van der Waals surface area contributed by atoms with Gasteiger partial charge in [0, 0.05) is 36.0 Å². The number of piperidine rings is 1. The quantitative estimate of drug-likeness (QED) is 0.640. The molecule has 5 heteroatoms. The number of halogens is 1. The molecule has 1 aliphatic rings. The number of hydrogen-bond acceptors (Lipinski definition) is 3. The van der Waals surface area contributed by atoms with Gasteiger partial charge in [0.25, 0.3) is 5.91 Å². The molecule has 0 spiro atoms. The molecule has 1 saturated heterocycles. The summed E-state index contributed by atoms with van der Waals surface area (Å²) in [5.74, 6) is 0.0383. The maximum absolute atomic E-state index is 12.3. The van der Waals surface area contributed by atoms with Crippen LogP contribution in [0.4, 0.5) is 0 Å². The summed E-state index contributed by atoms with van der Waals surface area (Å²) in [4.78, 5) is 14.1. The Kier molecular flexibility index (Phi) is 4.01. The summed E-state index contributed by atoms with van der Waals surface area (Å²) in [5, 5.41) is 11.9. The van der Waals surface area contributed by atoms with Gasteiger partial charge in [-0.1, -0.05) is 21.1 Å². The van der Waals surface area contributed by atoms with Crippen molar-refractivity contribution in [1.82, 2.24) is 4.90 Å². The minimum Gasteiger partial charge on any atom is -0.411 e. The van der Waals surface area contributed by atoms with Crippen LogP contribution in [-0.2, 0) is 0 Å². The van der Waals surface area contributed by atoms with E-state index in [9.17, 15) is 4.79 Å². The Labute approximate surface area is 114 Å². The molecule has 1 N–H and O–H groups in total. The minimum atomic E-state index is 0.0383. The van der Waals surface area contributed by atoms with Gasteiger partial charge in [-0.2, -0.15) is 0 Å². The van der Waals surface area contributed by atoms with Crippen molar-refractivity contribution in [2.75, 3.05) is 13.1 Å². The fourth-order valence-electron chi connectivity index (χ4n) is 2.11. The van der Waals surface area contributed by atoms with Crippen molar-refractivity contribution in [3.63, 3.8) is 0 Å². The molecule has 1 aromatic carbocycles. The van der Waals surface area contributed by atoms with Gasteiger partial charge in [-0.3, -0.25) is 4.79 Å². The zero-order valence-corrected chi connectivity index (χ0v) is 11.8. The SMILES string of the molecule is Cc1cc(Br)cc(C(=O)N2CCC(=NO)CC2)c1. The van der Waals surface area contributed by atoms with Gasteiger partial charge in [-0.05, 0) is 30.7 Å². The molecule has 0 atom stereocenters. The largest absolute Gasteiger partial charge is 0.411 e. The lowest BCUT2D eigenvalue weighted by molar-refractivity contribution is 0.0753. The van der Waals surface area contributed by atoms with Gasteiger partial charge in [0.2, 0.25) is 0 Å². The van der Waals surface area contributed by atoms with Crippen molar-refractivity contribution in [1.29, 1.82) is 0 Å². The van der Waals surface area contributed by atoms with Crippen LogP contribution < -0.4 is 0 Å². The van der Waals surface area contributed by atoms with E-state index < -0.39 is 0 Å². The molecule has 0 unspecified atom stereocenters. The summed E-state index contributed by atoms with van der Waals surface area (Å²) in [6.45, 7) is 3.20. The van der Waals surface area contributed by atoms with Gasteiger partial charge in [0.1, 0.15) is 0 Å². The number of hydrogen-bond donors (Lipinski definition) is 1. The summed E-state index contributed by atoms with van der Waals surface area (Å²) in [6.07, 6.45) is 1.30. The number of aryl methyl sites for hydroxylation is 1. The second kappa shape index (κ2) is 5.52. The lowest BCUT2D eigenvalue weighted by atomic mass is 10.1. The van der Waals surface area contributed by atoms with E-state index in [-0.39, 0.29) is 5.91 Å². The van der Waals surface area contributed by atoms with Crippen LogP contribution in [0.25, 0.3) is 0 Å². The van der Waals surface area contributed by atoms with Crippen LogP contribution in [0.3, 0.4) is 0 Å². The summed E-state index contributed by atoms with van der Waals surface area (Å²) in [5.41, 5.74) is 2.53. The third-order valence-electron chi connectivity index (χ3n) is 3.06. The third kappa shape index (κ3) is 2.90. The predicted molar refractivity (Wildman–Crippen MR) is 73.2 cm³/mol. The topological polar surface area (TPSA) is 52.9 Å². The molecular formula is C13H15BrN2O2. The molecule has 0 aromatic heterocycles. The Balaban J connectivity index is 2.12. The van der Waals surface area contributed by atoms with Crippen LogP contribution in [0.1, 0.15) is 28.8 Å². The molecule has 0 radical (unpaired) electrons. The molecule has 0 aliphatic carbocycles. The fourth-order valence-corrected chi connectivity index (χ4v) is 2.72. The molecule has 2 rings (SSSR count). The van der Waals surface area contributed by atoms with Crippen LogP contribution in [0.2, 0.25) is 0 Å². The van der Waals surface area contributed by atoms with Gasteiger partial charge in [0.15, 0.2) is 0 Å². The van der Waals surface area contributed by atoms with Crippen molar-refractivity contribution in [3.05, 3.63) is 33.8 Å².